The van der Waals surface area contributed by atoms with Crippen LogP contribution in [0.1, 0.15) is 0 Å². The normalized spacial score (nSPS) is 7.25. The van der Waals surface area contributed by atoms with Gasteiger partial charge in [0.1, 0.15) is 0 Å². The second-order valence-electron chi connectivity index (χ2n) is 2.19. The van der Waals surface area contributed by atoms with E-state index in [0.29, 0.717) is 6.73 Å². The van der Waals surface area contributed by atoms with Crippen molar-refractivity contribution in [2.75, 3.05) is 12.0 Å². The van der Waals surface area contributed by atoms with E-state index in [1.54, 1.807) is 0 Å². The van der Waals surface area contributed by atoms with Gasteiger partial charge in [-0.05, 0) is 24.3 Å². The second kappa shape index (κ2) is 15.5. The molecule has 82 valence electrons. The largest absolute Gasteiger partial charge is 0.665 e. The molecule has 0 saturated heterocycles. The summed E-state index contributed by atoms with van der Waals surface area (Å²) in [6.07, 6.45) is 0. The summed E-state index contributed by atoms with van der Waals surface area (Å²) in [7, 11) is 6.53. The third-order valence-electron chi connectivity index (χ3n) is 1.40. The maximum absolute atomic E-state index is 6.50. The summed E-state index contributed by atoms with van der Waals surface area (Å²) in [6, 6.07) is 7.38. The van der Waals surface area contributed by atoms with Crippen LogP contribution in [0.15, 0.2) is 24.3 Å². The molecule has 0 aliphatic heterocycles. The number of nitrogens with one attached hydrogen (secondary N) is 1. The van der Waals surface area contributed by atoms with E-state index in [-0.39, 0.29) is 65.4 Å². The van der Waals surface area contributed by atoms with Crippen LogP contribution in [-0.2, 0) is 70.2 Å². The van der Waals surface area contributed by atoms with Gasteiger partial charge in [-0.2, -0.15) is 7.11 Å². The van der Waals surface area contributed by atoms with Crippen LogP contribution in [0.5, 0.6) is 5.75 Å². The summed E-state index contributed by atoms with van der Waals surface area (Å²) in [5, 5.41) is 9.48. The van der Waals surface area contributed by atoms with Crippen LogP contribution in [0.4, 0.5) is 5.69 Å². The number of hydrogen-bond acceptors (Lipinski definition) is 4. The van der Waals surface area contributed by atoms with Gasteiger partial charge in [0, 0.05) is 77.7 Å². The first-order valence-corrected chi connectivity index (χ1v) is 3.75. The minimum Gasteiger partial charge on any atom is -0.665 e. The third-order valence-corrected chi connectivity index (χ3v) is 1.40. The van der Waals surface area contributed by atoms with E-state index in [1.165, 1.54) is 0 Å². The average molecular weight is 370 g/mol. The molecule has 1 aromatic carbocycles. The topological polar surface area (TPSA) is 54.3 Å². The summed E-state index contributed by atoms with van der Waals surface area (Å²) < 4.78 is 9.35. The molecule has 1 aromatic rings. The monoisotopic (exact) mass is 370 g/mol. The Morgan fingerprint density at radius 2 is 1.62 bits per heavy atom. The molecule has 0 aliphatic carbocycles. The summed E-state index contributed by atoms with van der Waals surface area (Å²) in [4.78, 5) is 0. The molecule has 0 aliphatic rings. The molecule has 0 unspecified atom stereocenters. The molecule has 2 radical (unpaired) electrons. The predicted molar refractivity (Wildman–Crippen MR) is 54.0 cm³/mol. The predicted octanol–water partition coefficient (Wildman–Crippen LogP) is 2.17. The van der Waals surface area contributed by atoms with Crippen LogP contribution in [-0.4, -0.2) is 6.73 Å². The Morgan fingerprint density at radius 1 is 1.12 bits per heavy atom. The molecule has 0 atom stereocenters. The van der Waals surface area contributed by atoms with Gasteiger partial charge in [-0.15, -0.1) is 0 Å². The van der Waals surface area contributed by atoms with Crippen molar-refractivity contribution in [3.8, 4) is 12.3 Å². The van der Waals surface area contributed by atoms with Crippen molar-refractivity contribution in [1.29, 1.82) is 5.26 Å². The van der Waals surface area contributed by atoms with Crippen LogP contribution < -0.4 is 10.1 Å². The van der Waals surface area contributed by atoms with Crippen molar-refractivity contribution in [2.45, 2.75) is 0 Å². The van der Waals surface area contributed by atoms with E-state index in [9.17, 15) is 0 Å². The first-order valence-electron chi connectivity index (χ1n) is 3.75. The van der Waals surface area contributed by atoms with Crippen LogP contribution in [0, 0.1) is 26.1 Å². The van der Waals surface area contributed by atoms with E-state index >= 15 is 0 Å². The zero-order valence-corrected chi connectivity index (χ0v) is 14.6. The molecule has 0 saturated carbocycles. The van der Waals surface area contributed by atoms with E-state index < -0.39 is 0 Å². The number of hydrogen-bond donors (Lipinski definition) is 1. The molecule has 1 N–H and O–H groups in total. The number of anilines is 1. The summed E-state index contributed by atoms with van der Waals surface area (Å²) >= 11 is 0. The van der Waals surface area contributed by atoms with Gasteiger partial charge in [0.15, 0.2) is 0 Å². The van der Waals surface area contributed by atoms with Crippen LogP contribution in [0.25, 0.3) is 0 Å². The Morgan fingerprint density at radius 3 is 2.00 bits per heavy atom. The van der Waals surface area contributed by atoms with Gasteiger partial charge in [-0.25, -0.2) is 12.4 Å². The van der Waals surface area contributed by atoms with Crippen LogP contribution >= 0.6 is 0 Å². The van der Waals surface area contributed by atoms with Crippen molar-refractivity contribution in [2.24, 2.45) is 0 Å². The van der Waals surface area contributed by atoms with Gasteiger partial charge >= 0.3 is 0 Å². The van der Waals surface area contributed by atoms with Crippen molar-refractivity contribution in [1.82, 2.24) is 0 Å². The standard InChI is InChI=1S/C9H11NO2.CHN.2Y/c1-11-7-10-8-3-5-9(12-2)6-4-8;1-2;;/h3-6,10H,1-2,7H2;1H;;/q-2;;;. The molecule has 1 rings (SSSR count). The molecular weight excluding hydrogens is 358 g/mol. The summed E-state index contributed by atoms with van der Waals surface area (Å²) in [5.74, 6) is 0.732. The summed E-state index contributed by atoms with van der Waals surface area (Å²) in [6.45, 7) is 3.89. The van der Waals surface area contributed by atoms with Crippen molar-refractivity contribution in [3.63, 3.8) is 0 Å². The van der Waals surface area contributed by atoms with Gasteiger partial charge in [0.05, 0.1) is 12.5 Å². The number of rotatable bonds is 4. The Balaban J connectivity index is -0.000000399. The van der Waals surface area contributed by atoms with Gasteiger partial charge < -0.3 is 14.8 Å². The fourth-order valence-corrected chi connectivity index (χ4v) is 0.803. The zero-order chi connectivity index (χ0) is 10.8. The van der Waals surface area contributed by atoms with E-state index in [2.05, 4.69) is 30.8 Å². The molecule has 4 nitrogen and oxygen atoms in total. The first-order chi connectivity index (χ1) is 6.86. The number of nitrogens with zero attached hydrogens (tertiary/aromatic N) is 1. The zero-order valence-electron chi connectivity index (χ0n) is 8.93. The maximum Gasteiger partial charge on any atom is 0.0845 e. The Bertz CT molecular complexity index is 265. The quantitative estimate of drug-likeness (QED) is 0.652. The van der Waals surface area contributed by atoms with Gasteiger partial charge in [-0.3, -0.25) is 0 Å². The van der Waals surface area contributed by atoms with E-state index in [4.69, 9.17) is 10.00 Å². The molecule has 0 aromatic heterocycles. The maximum atomic E-state index is 6.50. The fourth-order valence-electron chi connectivity index (χ4n) is 0.803. The fraction of sp³-hybridized carbons (Fsp3) is 0.100. The molecule has 0 fully saturated rings. The molecular formula is C10H12N2O2Y2-2. The van der Waals surface area contributed by atoms with Crippen LogP contribution in [0.3, 0.4) is 0 Å². The van der Waals surface area contributed by atoms with E-state index in [0.717, 1.165) is 11.4 Å². The Labute approximate surface area is 147 Å². The molecule has 0 heterocycles. The molecule has 0 bridgehead atoms. The molecule has 0 amide bonds. The minimum atomic E-state index is 0. The van der Waals surface area contributed by atoms with Crippen molar-refractivity contribution >= 4 is 5.69 Å². The van der Waals surface area contributed by atoms with Crippen molar-refractivity contribution < 1.29 is 74.9 Å². The smallest absolute Gasteiger partial charge is 0.0845 e. The molecule has 0 spiro atoms. The number of nitriles is 1. The SMILES string of the molecule is C#N.[CH2-]OCNc1ccc(O[CH2-])cc1.[Y].[Y]. The number of benzene rings is 1. The molecule has 6 heteroatoms. The van der Waals surface area contributed by atoms with Gasteiger partial charge in [0.25, 0.3) is 0 Å². The second-order valence-corrected chi connectivity index (χ2v) is 2.19. The van der Waals surface area contributed by atoms with Crippen molar-refractivity contribution in [3.05, 3.63) is 38.5 Å². The van der Waals surface area contributed by atoms with Gasteiger partial charge in [-0.1, -0.05) is 0 Å². The minimum absolute atomic E-state index is 0. The first kappa shape index (κ1) is 21.7. The molecule has 16 heavy (non-hydrogen) atoms. The van der Waals surface area contributed by atoms with E-state index in [1.807, 2.05) is 24.3 Å². The third kappa shape index (κ3) is 9.69. The average Bonchev–Trinajstić information content (AvgIpc) is 2.30. The Hall–Kier alpha value is 0.478. The summed E-state index contributed by atoms with van der Waals surface area (Å²) in [5.41, 5.74) is 0.958. The Kier molecular flexibility index (Phi) is 21.0. The van der Waals surface area contributed by atoms with Crippen LogP contribution in [0.2, 0.25) is 0 Å². The van der Waals surface area contributed by atoms with Gasteiger partial charge in [0.2, 0.25) is 0 Å². The number of ether oxygens (including phenoxy) is 2.